The first-order valence-corrected chi connectivity index (χ1v) is 5.25. The van der Waals surface area contributed by atoms with Crippen molar-refractivity contribution in [1.82, 2.24) is 15.1 Å². The fourth-order valence-electron chi connectivity index (χ4n) is 1.79. The SMILES string of the molecule is CN(C)CCC1CN(C)CCCN1. The normalized spacial score (nSPS) is 26.3. The third kappa shape index (κ3) is 4.60. The molecule has 0 spiro atoms. The van der Waals surface area contributed by atoms with Crippen molar-refractivity contribution in [3.05, 3.63) is 0 Å². The van der Waals surface area contributed by atoms with E-state index in [4.69, 9.17) is 0 Å². The Balaban J connectivity index is 2.22. The van der Waals surface area contributed by atoms with Gasteiger partial charge in [0.25, 0.3) is 0 Å². The predicted octanol–water partition coefficient (Wildman–Crippen LogP) is 0.232. The molecule has 0 aliphatic carbocycles. The van der Waals surface area contributed by atoms with Crippen LogP contribution in [0.25, 0.3) is 0 Å². The van der Waals surface area contributed by atoms with E-state index in [0.29, 0.717) is 6.04 Å². The van der Waals surface area contributed by atoms with Crippen molar-refractivity contribution in [2.45, 2.75) is 18.9 Å². The van der Waals surface area contributed by atoms with E-state index in [-0.39, 0.29) is 0 Å². The Morgan fingerprint density at radius 1 is 1.46 bits per heavy atom. The van der Waals surface area contributed by atoms with Crippen LogP contribution in [0.4, 0.5) is 0 Å². The van der Waals surface area contributed by atoms with E-state index in [9.17, 15) is 0 Å². The molecule has 1 unspecified atom stereocenters. The highest BCUT2D eigenvalue weighted by Gasteiger charge is 2.14. The number of nitrogens with one attached hydrogen (secondary N) is 1. The van der Waals surface area contributed by atoms with E-state index in [2.05, 4.69) is 36.3 Å². The molecule has 78 valence electrons. The van der Waals surface area contributed by atoms with Gasteiger partial charge >= 0.3 is 0 Å². The van der Waals surface area contributed by atoms with Gasteiger partial charge in [-0.05, 0) is 53.6 Å². The Kier molecular flexibility index (Phi) is 4.70. The number of nitrogens with zero attached hydrogens (tertiary/aromatic N) is 2. The van der Waals surface area contributed by atoms with Gasteiger partial charge in [-0.15, -0.1) is 0 Å². The highest BCUT2D eigenvalue weighted by molar-refractivity contribution is 4.75. The average Bonchev–Trinajstić information content (AvgIpc) is 2.26. The maximum atomic E-state index is 3.60. The summed E-state index contributed by atoms with van der Waals surface area (Å²) in [4.78, 5) is 4.69. The molecule has 0 amide bonds. The molecular weight excluding hydrogens is 162 g/mol. The minimum absolute atomic E-state index is 0.690. The third-order valence-corrected chi connectivity index (χ3v) is 2.61. The zero-order chi connectivity index (χ0) is 9.68. The van der Waals surface area contributed by atoms with Crippen LogP contribution in [0.5, 0.6) is 0 Å². The molecule has 0 bridgehead atoms. The molecule has 1 atom stereocenters. The standard InChI is InChI=1S/C10H23N3/c1-12(2)8-5-10-9-13(3)7-4-6-11-10/h10-11H,4-9H2,1-3H3. The van der Waals surface area contributed by atoms with E-state index >= 15 is 0 Å². The molecule has 1 rings (SSSR count). The molecule has 0 saturated carbocycles. The van der Waals surface area contributed by atoms with Crippen molar-refractivity contribution in [2.24, 2.45) is 0 Å². The van der Waals surface area contributed by atoms with Crippen molar-refractivity contribution in [3.8, 4) is 0 Å². The third-order valence-electron chi connectivity index (χ3n) is 2.61. The van der Waals surface area contributed by atoms with Gasteiger partial charge in [-0.1, -0.05) is 0 Å². The van der Waals surface area contributed by atoms with Crippen LogP contribution in [0.3, 0.4) is 0 Å². The molecule has 0 aromatic heterocycles. The van der Waals surface area contributed by atoms with E-state index in [0.717, 1.165) is 0 Å². The highest BCUT2D eigenvalue weighted by atomic mass is 15.1. The van der Waals surface area contributed by atoms with Gasteiger partial charge in [-0.25, -0.2) is 0 Å². The second kappa shape index (κ2) is 5.58. The number of hydrogen-bond acceptors (Lipinski definition) is 3. The number of rotatable bonds is 3. The van der Waals surface area contributed by atoms with Gasteiger partial charge in [0, 0.05) is 12.6 Å². The molecule has 3 nitrogen and oxygen atoms in total. The lowest BCUT2D eigenvalue weighted by Crippen LogP contribution is -2.38. The van der Waals surface area contributed by atoms with Crippen LogP contribution in [0.15, 0.2) is 0 Å². The van der Waals surface area contributed by atoms with Crippen molar-refractivity contribution >= 4 is 0 Å². The summed E-state index contributed by atoms with van der Waals surface area (Å²) in [5, 5.41) is 3.60. The fraction of sp³-hybridized carbons (Fsp3) is 1.00. The molecule has 0 radical (unpaired) electrons. The van der Waals surface area contributed by atoms with Crippen molar-refractivity contribution in [2.75, 3.05) is 47.3 Å². The van der Waals surface area contributed by atoms with Gasteiger partial charge in [0.05, 0.1) is 0 Å². The molecule has 1 aliphatic heterocycles. The van der Waals surface area contributed by atoms with Crippen molar-refractivity contribution in [1.29, 1.82) is 0 Å². The zero-order valence-electron chi connectivity index (χ0n) is 9.21. The molecule has 0 aromatic rings. The van der Waals surface area contributed by atoms with Crippen LogP contribution in [0.2, 0.25) is 0 Å². The summed E-state index contributed by atoms with van der Waals surface area (Å²) < 4.78 is 0. The molecule has 1 N–H and O–H groups in total. The van der Waals surface area contributed by atoms with Crippen LogP contribution in [0.1, 0.15) is 12.8 Å². The fourth-order valence-corrected chi connectivity index (χ4v) is 1.79. The molecule has 1 fully saturated rings. The van der Waals surface area contributed by atoms with E-state index in [1.165, 1.54) is 39.0 Å². The summed E-state index contributed by atoms with van der Waals surface area (Å²) in [5.41, 5.74) is 0. The van der Waals surface area contributed by atoms with Gasteiger partial charge in [0.2, 0.25) is 0 Å². The summed E-state index contributed by atoms with van der Waals surface area (Å²) in [7, 11) is 6.50. The largest absolute Gasteiger partial charge is 0.313 e. The van der Waals surface area contributed by atoms with Crippen molar-refractivity contribution < 1.29 is 0 Å². The topological polar surface area (TPSA) is 18.5 Å². The molecular formula is C10H23N3. The zero-order valence-corrected chi connectivity index (χ0v) is 9.21. The van der Waals surface area contributed by atoms with E-state index in [1.54, 1.807) is 0 Å². The van der Waals surface area contributed by atoms with Crippen LogP contribution in [-0.2, 0) is 0 Å². The first kappa shape index (κ1) is 11.0. The molecule has 3 heteroatoms. The summed E-state index contributed by atoms with van der Waals surface area (Å²) in [5.74, 6) is 0. The van der Waals surface area contributed by atoms with Gasteiger partial charge in [0.15, 0.2) is 0 Å². The summed E-state index contributed by atoms with van der Waals surface area (Å²) in [6, 6.07) is 0.690. The summed E-state index contributed by atoms with van der Waals surface area (Å²) in [6.07, 6.45) is 2.55. The Morgan fingerprint density at radius 2 is 2.23 bits per heavy atom. The van der Waals surface area contributed by atoms with Gasteiger partial charge in [-0.2, -0.15) is 0 Å². The molecule has 13 heavy (non-hydrogen) atoms. The van der Waals surface area contributed by atoms with Crippen LogP contribution < -0.4 is 5.32 Å². The number of hydrogen-bond donors (Lipinski definition) is 1. The van der Waals surface area contributed by atoms with Gasteiger partial charge in [0.1, 0.15) is 0 Å². The number of likely N-dealkylation sites (N-methyl/N-ethyl adjacent to an activating group) is 1. The maximum absolute atomic E-state index is 3.60. The Hall–Kier alpha value is -0.120. The first-order chi connectivity index (χ1) is 6.18. The quantitative estimate of drug-likeness (QED) is 0.679. The van der Waals surface area contributed by atoms with Crippen LogP contribution in [0, 0.1) is 0 Å². The van der Waals surface area contributed by atoms with Crippen molar-refractivity contribution in [3.63, 3.8) is 0 Å². The molecule has 1 aliphatic rings. The predicted molar refractivity (Wildman–Crippen MR) is 57.1 cm³/mol. The van der Waals surface area contributed by atoms with E-state index in [1.807, 2.05) is 0 Å². The Labute approximate surface area is 82.1 Å². The minimum Gasteiger partial charge on any atom is -0.313 e. The Bertz CT molecular complexity index is 136. The molecule has 1 heterocycles. The lowest BCUT2D eigenvalue weighted by atomic mass is 10.2. The summed E-state index contributed by atoms with van der Waals surface area (Å²) >= 11 is 0. The monoisotopic (exact) mass is 185 g/mol. The first-order valence-electron chi connectivity index (χ1n) is 5.25. The van der Waals surface area contributed by atoms with Gasteiger partial charge in [-0.3, -0.25) is 0 Å². The maximum Gasteiger partial charge on any atom is 0.0207 e. The van der Waals surface area contributed by atoms with Crippen LogP contribution in [-0.4, -0.2) is 63.2 Å². The lowest BCUT2D eigenvalue weighted by molar-refractivity contribution is 0.295. The second-order valence-electron chi connectivity index (χ2n) is 4.36. The molecule has 1 saturated heterocycles. The summed E-state index contributed by atoms with van der Waals surface area (Å²) in [6.45, 7) is 4.81. The lowest BCUT2D eigenvalue weighted by Gasteiger charge is -2.21. The molecule has 0 aromatic carbocycles. The Morgan fingerprint density at radius 3 is 2.92 bits per heavy atom. The minimum atomic E-state index is 0.690. The highest BCUT2D eigenvalue weighted by Crippen LogP contribution is 2.01. The average molecular weight is 185 g/mol. The smallest absolute Gasteiger partial charge is 0.0207 e. The van der Waals surface area contributed by atoms with Gasteiger partial charge < -0.3 is 15.1 Å². The van der Waals surface area contributed by atoms with E-state index < -0.39 is 0 Å². The van der Waals surface area contributed by atoms with Crippen LogP contribution >= 0.6 is 0 Å². The second-order valence-corrected chi connectivity index (χ2v) is 4.36.